The summed E-state index contributed by atoms with van der Waals surface area (Å²) in [5, 5.41) is 6.38. The number of halogens is 1. The molecule has 0 bridgehead atoms. The molecule has 0 atom stereocenters. The third-order valence-corrected chi connectivity index (χ3v) is 4.85. The third-order valence-electron chi connectivity index (χ3n) is 4.85. The van der Waals surface area contributed by atoms with E-state index in [9.17, 15) is 4.39 Å². The van der Waals surface area contributed by atoms with Gasteiger partial charge in [0.25, 0.3) is 0 Å². The molecule has 2 N–H and O–H groups in total. The van der Waals surface area contributed by atoms with Crippen LogP contribution in [0.25, 0.3) is 0 Å². The largest absolute Gasteiger partial charge is 0.381 e. The predicted molar refractivity (Wildman–Crippen MR) is 113 cm³/mol. The molecule has 156 valence electrons. The zero-order valence-electron chi connectivity index (χ0n) is 17.0. The molecule has 0 unspecified atom stereocenters. The van der Waals surface area contributed by atoms with Gasteiger partial charge in [-0.2, -0.15) is 0 Å². The second-order valence-electron chi connectivity index (χ2n) is 7.08. The molecule has 1 fully saturated rings. The van der Waals surface area contributed by atoms with E-state index in [0.717, 1.165) is 43.7 Å². The maximum atomic E-state index is 13.8. The second-order valence-corrected chi connectivity index (χ2v) is 7.08. The first-order chi connectivity index (χ1) is 14.2. The van der Waals surface area contributed by atoms with Crippen molar-refractivity contribution in [1.29, 1.82) is 0 Å². The zero-order valence-corrected chi connectivity index (χ0v) is 17.0. The van der Waals surface area contributed by atoms with Crippen molar-refractivity contribution in [2.45, 2.75) is 45.6 Å². The molecule has 0 aromatic heterocycles. The maximum Gasteiger partial charge on any atom is 0.191 e. The van der Waals surface area contributed by atoms with Crippen molar-refractivity contribution in [3.05, 3.63) is 71.0 Å². The quantitative estimate of drug-likeness (QED) is 0.524. The topological polar surface area (TPSA) is 54.9 Å². The fourth-order valence-corrected chi connectivity index (χ4v) is 3.13. The van der Waals surface area contributed by atoms with Gasteiger partial charge in [-0.1, -0.05) is 42.5 Å². The van der Waals surface area contributed by atoms with E-state index in [2.05, 4.69) is 39.9 Å². The van der Waals surface area contributed by atoms with Crippen molar-refractivity contribution >= 4 is 5.96 Å². The summed E-state index contributed by atoms with van der Waals surface area (Å²) in [4.78, 5) is 4.60. The molecule has 1 aliphatic heterocycles. The van der Waals surface area contributed by atoms with E-state index in [0.29, 0.717) is 37.3 Å². The average molecular weight is 400 g/mol. The lowest BCUT2D eigenvalue weighted by Crippen LogP contribution is -2.37. The molecule has 0 radical (unpaired) electrons. The maximum absolute atomic E-state index is 13.8. The van der Waals surface area contributed by atoms with Crippen molar-refractivity contribution < 1.29 is 13.9 Å². The third kappa shape index (κ3) is 7.15. The SMILES string of the molecule is CCNC(=NCc1ccc(COC2CCOCC2)cc1)NCc1ccccc1F. The standard InChI is InChI=1S/C23H30FN3O2/c1-2-25-23(27-16-20-5-3-4-6-22(20)24)26-15-18-7-9-19(10-8-18)17-29-21-11-13-28-14-12-21/h3-10,21H,2,11-17H2,1H3,(H2,25,26,27). The number of aliphatic imine (C=N–C) groups is 1. The van der Waals surface area contributed by atoms with Gasteiger partial charge in [0.2, 0.25) is 0 Å². The Balaban J connectivity index is 1.49. The highest BCUT2D eigenvalue weighted by Crippen LogP contribution is 2.14. The van der Waals surface area contributed by atoms with E-state index in [1.807, 2.05) is 13.0 Å². The number of hydrogen-bond acceptors (Lipinski definition) is 3. The van der Waals surface area contributed by atoms with Crippen LogP contribution in [0, 0.1) is 5.82 Å². The molecule has 0 amide bonds. The molecular weight excluding hydrogens is 369 g/mol. The average Bonchev–Trinajstić information content (AvgIpc) is 2.76. The molecule has 2 aromatic rings. The fraction of sp³-hybridized carbons (Fsp3) is 0.435. The number of nitrogens with zero attached hydrogens (tertiary/aromatic N) is 1. The highest BCUT2D eigenvalue weighted by Gasteiger charge is 2.13. The number of nitrogens with one attached hydrogen (secondary N) is 2. The monoisotopic (exact) mass is 399 g/mol. The fourth-order valence-electron chi connectivity index (χ4n) is 3.13. The first-order valence-corrected chi connectivity index (χ1v) is 10.3. The van der Waals surface area contributed by atoms with Crippen molar-refractivity contribution in [3.8, 4) is 0 Å². The van der Waals surface area contributed by atoms with Crippen LogP contribution >= 0.6 is 0 Å². The van der Waals surface area contributed by atoms with Crippen LogP contribution in [0.2, 0.25) is 0 Å². The Bertz CT molecular complexity index is 774. The van der Waals surface area contributed by atoms with E-state index in [1.54, 1.807) is 12.1 Å². The van der Waals surface area contributed by atoms with Crippen molar-refractivity contribution in [1.82, 2.24) is 10.6 Å². The van der Waals surface area contributed by atoms with Gasteiger partial charge in [-0.05, 0) is 37.0 Å². The first kappa shape index (κ1) is 21.3. The minimum atomic E-state index is -0.214. The first-order valence-electron chi connectivity index (χ1n) is 10.3. The highest BCUT2D eigenvalue weighted by molar-refractivity contribution is 5.79. The van der Waals surface area contributed by atoms with Crippen LogP contribution in [0.4, 0.5) is 4.39 Å². The van der Waals surface area contributed by atoms with Crippen LogP contribution in [0.5, 0.6) is 0 Å². The number of rotatable bonds is 8. The molecule has 1 heterocycles. The lowest BCUT2D eigenvalue weighted by atomic mass is 10.1. The second kappa shape index (κ2) is 11.5. The number of hydrogen-bond donors (Lipinski definition) is 2. The van der Waals surface area contributed by atoms with E-state index < -0.39 is 0 Å². The van der Waals surface area contributed by atoms with Crippen molar-refractivity contribution in [3.63, 3.8) is 0 Å². The van der Waals surface area contributed by atoms with Gasteiger partial charge in [0, 0.05) is 31.9 Å². The van der Waals surface area contributed by atoms with Crippen molar-refractivity contribution in [2.24, 2.45) is 4.99 Å². The van der Waals surface area contributed by atoms with Crippen LogP contribution in [0.15, 0.2) is 53.5 Å². The summed E-state index contributed by atoms with van der Waals surface area (Å²) in [6.45, 7) is 5.90. The number of benzene rings is 2. The summed E-state index contributed by atoms with van der Waals surface area (Å²) in [6, 6.07) is 15.1. The Morgan fingerprint density at radius 2 is 1.79 bits per heavy atom. The lowest BCUT2D eigenvalue weighted by Gasteiger charge is -2.22. The molecule has 6 heteroatoms. The summed E-state index contributed by atoms with van der Waals surface area (Å²) >= 11 is 0. The Hall–Kier alpha value is -2.44. The minimum Gasteiger partial charge on any atom is -0.381 e. The van der Waals surface area contributed by atoms with Gasteiger partial charge in [-0.25, -0.2) is 9.38 Å². The van der Waals surface area contributed by atoms with Crippen LogP contribution in [-0.2, 0) is 29.2 Å². The molecule has 0 saturated carbocycles. The molecule has 0 aliphatic carbocycles. The Labute approximate surface area is 172 Å². The van der Waals surface area contributed by atoms with Crippen LogP contribution < -0.4 is 10.6 Å². The Morgan fingerprint density at radius 3 is 2.52 bits per heavy atom. The smallest absolute Gasteiger partial charge is 0.191 e. The van der Waals surface area contributed by atoms with Crippen LogP contribution in [-0.4, -0.2) is 31.8 Å². The van der Waals surface area contributed by atoms with Gasteiger partial charge < -0.3 is 20.1 Å². The van der Waals surface area contributed by atoms with Gasteiger partial charge >= 0.3 is 0 Å². The van der Waals surface area contributed by atoms with Gasteiger partial charge in [0.1, 0.15) is 5.82 Å². The molecule has 3 rings (SSSR count). The molecule has 2 aromatic carbocycles. The Morgan fingerprint density at radius 1 is 1.07 bits per heavy atom. The Kier molecular flexibility index (Phi) is 8.46. The van der Waals surface area contributed by atoms with Gasteiger partial charge in [0.05, 0.1) is 19.3 Å². The molecule has 0 spiro atoms. The predicted octanol–water partition coefficient (Wildman–Crippen LogP) is 3.78. The van der Waals surface area contributed by atoms with E-state index in [4.69, 9.17) is 9.47 Å². The van der Waals surface area contributed by atoms with E-state index in [1.165, 1.54) is 6.07 Å². The number of guanidine groups is 1. The lowest BCUT2D eigenvalue weighted by molar-refractivity contribution is -0.0390. The summed E-state index contributed by atoms with van der Waals surface area (Å²) in [5.74, 6) is 0.456. The van der Waals surface area contributed by atoms with Gasteiger partial charge in [0.15, 0.2) is 5.96 Å². The molecular formula is C23H30FN3O2. The zero-order chi connectivity index (χ0) is 20.3. The highest BCUT2D eigenvalue weighted by atomic mass is 19.1. The van der Waals surface area contributed by atoms with Crippen LogP contribution in [0.3, 0.4) is 0 Å². The van der Waals surface area contributed by atoms with Crippen molar-refractivity contribution in [2.75, 3.05) is 19.8 Å². The number of ether oxygens (including phenoxy) is 2. The van der Waals surface area contributed by atoms with E-state index >= 15 is 0 Å². The molecule has 5 nitrogen and oxygen atoms in total. The summed E-state index contributed by atoms with van der Waals surface area (Å²) < 4.78 is 25.1. The van der Waals surface area contributed by atoms with Gasteiger partial charge in [-0.15, -0.1) is 0 Å². The molecule has 29 heavy (non-hydrogen) atoms. The van der Waals surface area contributed by atoms with Crippen LogP contribution in [0.1, 0.15) is 36.5 Å². The summed E-state index contributed by atoms with van der Waals surface area (Å²) in [7, 11) is 0. The molecule has 1 aliphatic rings. The normalized spacial score (nSPS) is 15.3. The summed E-state index contributed by atoms with van der Waals surface area (Å²) in [5.41, 5.74) is 2.89. The minimum absolute atomic E-state index is 0.214. The van der Waals surface area contributed by atoms with E-state index in [-0.39, 0.29) is 5.82 Å². The molecule has 1 saturated heterocycles. The van der Waals surface area contributed by atoms with Gasteiger partial charge in [-0.3, -0.25) is 0 Å². The summed E-state index contributed by atoms with van der Waals surface area (Å²) in [6.07, 6.45) is 2.25.